The highest BCUT2D eigenvalue weighted by molar-refractivity contribution is 7.86. The number of anilines is 10. The minimum Gasteiger partial charge on any atom is -0.505 e. The fourth-order valence-corrected chi connectivity index (χ4v) is 10.0. The van der Waals surface area contributed by atoms with Gasteiger partial charge in [-0.15, -0.1) is 20.5 Å². The van der Waals surface area contributed by atoms with Crippen molar-refractivity contribution in [2.24, 2.45) is 20.5 Å². The molecule has 17 N–H and O–H groups in total. The molecule has 9 rings (SSSR count). The number of hydrogen-bond acceptors (Lipinski definition) is 29. The van der Waals surface area contributed by atoms with E-state index in [9.17, 15) is 95.9 Å². The number of azo groups is 2. The summed E-state index contributed by atoms with van der Waals surface area (Å²) in [6.45, 7) is 1.62. The van der Waals surface area contributed by atoms with Crippen molar-refractivity contribution in [3.8, 4) is 11.5 Å². The minimum atomic E-state index is -5.00. The number of nitrogens with one attached hydrogen (secondary N) is 6. The predicted octanol–water partition coefficient (Wildman–Crippen LogP) is 7.99. The number of aliphatic hydroxyl groups excluding tert-OH is 2. The second-order valence-corrected chi connectivity index (χ2v) is 22.3. The predicted molar refractivity (Wildman–Crippen MR) is 327 cm³/mol. The molecule has 0 amide bonds. The number of aromatic nitrogens is 6. The lowest BCUT2D eigenvalue weighted by atomic mass is 10.0. The van der Waals surface area contributed by atoms with Crippen LogP contribution in [0.3, 0.4) is 0 Å². The SMILES string of the molecule is Cc1cc2cc(S(=O)(=O)O)cc(Nc3nc(NCCO)nc(Nc4ccc(Nc5nc(NCCO)nc(Nc6cc(S(=O)(=O)O)cc7cc(C)c(N=Nc8cc(C(=O)O)ccc8C(=O)O)c(O)c67)n5)c(C(=O)O)c4)n3)c2c(O)c1N=Nc1cc(C(=O)O)ccc1C(=O)O. The van der Waals surface area contributed by atoms with E-state index in [1.165, 1.54) is 38.1 Å². The summed E-state index contributed by atoms with van der Waals surface area (Å²) in [7, 11) is -9.98. The average molecular weight is 1320 g/mol. The first-order valence-corrected chi connectivity index (χ1v) is 29.2. The van der Waals surface area contributed by atoms with E-state index in [1.807, 2.05) is 0 Å². The van der Waals surface area contributed by atoms with Gasteiger partial charge in [-0.3, -0.25) is 9.11 Å². The van der Waals surface area contributed by atoms with Gasteiger partial charge in [0.1, 0.15) is 22.7 Å². The number of hydrogen-bond donors (Lipinski definition) is 17. The van der Waals surface area contributed by atoms with Gasteiger partial charge in [-0.1, -0.05) is 0 Å². The number of aromatic carboxylic acids is 5. The number of rotatable bonds is 25. The van der Waals surface area contributed by atoms with Gasteiger partial charge < -0.3 is 77.9 Å². The molecule has 0 bridgehead atoms. The van der Waals surface area contributed by atoms with Crippen molar-refractivity contribution in [2.75, 3.05) is 58.2 Å². The first-order valence-electron chi connectivity index (χ1n) is 26.3. The third-order valence-electron chi connectivity index (χ3n) is 13.1. The number of phenolic OH excluding ortho intramolecular Hbond substituents is 2. The maximum absolute atomic E-state index is 13.0. The Morgan fingerprint density at radius 2 is 0.806 bits per heavy atom. The van der Waals surface area contributed by atoms with Crippen LogP contribution >= 0.6 is 0 Å². The van der Waals surface area contributed by atoms with Gasteiger partial charge in [-0.2, -0.15) is 46.7 Å². The summed E-state index contributed by atoms with van der Waals surface area (Å²) in [5.41, 5.74) is -4.09. The van der Waals surface area contributed by atoms with E-state index in [1.54, 1.807) is 0 Å². The molecule has 0 unspecified atom stereocenters. The van der Waals surface area contributed by atoms with Crippen LogP contribution in [0.4, 0.5) is 81.2 Å². The number of benzene rings is 7. The molecule has 0 saturated carbocycles. The zero-order valence-corrected chi connectivity index (χ0v) is 49.0. The monoisotopic (exact) mass is 1310 g/mol. The van der Waals surface area contributed by atoms with Crippen molar-refractivity contribution in [3.63, 3.8) is 0 Å². The van der Waals surface area contributed by atoms with E-state index in [0.717, 1.165) is 66.7 Å². The number of aromatic hydroxyl groups is 2. The summed E-state index contributed by atoms with van der Waals surface area (Å²) in [4.78, 5) is 84.8. The third-order valence-corrected chi connectivity index (χ3v) is 14.7. The van der Waals surface area contributed by atoms with Crippen LogP contribution in [0.1, 0.15) is 62.9 Å². The number of nitrogens with zero attached hydrogens (tertiary/aromatic N) is 10. The molecule has 0 fully saturated rings. The molecular formula is C55H46N16O20S2. The molecule has 0 aliphatic rings. The number of aryl methyl sites for hydroxylation is 2. The van der Waals surface area contributed by atoms with Crippen molar-refractivity contribution >= 4 is 153 Å². The number of carboxylic acids is 5. The van der Waals surface area contributed by atoms with Crippen LogP contribution in [-0.4, -0.2) is 158 Å². The Labute approximate surface area is 520 Å². The Balaban J connectivity index is 1.07. The molecule has 2 aromatic heterocycles. The van der Waals surface area contributed by atoms with E-state index in [0.29, 0.717) is 0 Å². The van der Waals surface area contributed by atoms with Gasteiger partial charge in [0.15, 0.2) is 11.5 Å². The van der Waals surface area contributed by atoms with Gasteiger partial charge in [-0.25, -0.2) is 24.0 Å². The Bertz CT molecular complexity index is 4920. The quantitative estimate of drug-likeness (QED) is 0.0190. The molecule has 93 heavy (non-hydrogen) atoms. The van der Waals surface area contributed by atoms with Gasteiger partial charge in [0.2, 0.25) is 35.7 Å². The Morgan fingerprint density at radius 3 is 1.17 bits per heavy atom. The zero-order chi connectivity index (χ0) is 67.4. The lowest BCUT2D eigenvalue weighted by molar-refractivity contribution is 0.0682. The van der Waals surface area contributed by atoms with Crippen molar-refractivity contribution in [1.82, 2.24) is 29.9 Å². The van der Waals surface area contributed by atoms with E-state index >= 15 is 0 Å². The highest BCUT2D eigenvalue weighted by atomic mass is 32.2. The first-order chi connectivity index (χ1) is 44.0. The maximum Gasteiger partial charge on any atom is 0.337 e. The van der Waals surface area contributed by atoms with Crippen LogP contribution in [0.2, 0.25) is 0 Å². The fraction of sp³-hybridized carbons (Fsp3) is 0.109. The molecule has 478 valence electrons. The Morgan fingerprint density at radius 1 is 0.430 bits per heavy atom. The lowest BCUT2D eigenvalue weighted by Gasteiger charge is -2.16. The van der Waals surface area contributed by atoms with Gasteiger partial charge in [0.25, 0.3) is 20.2 Å². The third kappa shape index (κ3) is 14.8. The molecular weight excluding hydrogens is 1270 g/mol. The average Bonchev–Trinajstić information content (AvgIpc) is 0.832. The Kier molecular flexibility index (Phi) is 18.6. The van der Waals surface area contributed by atoms with Crippen molar-refractivity contribution in [1.29, 1.82) is 0 Å². The molecule has 2 heterocycles. The second-order valence-electron chi connectivity index (χ2n) is 19.4. The van der Waals surface area contributed by atoms with Crippen molar-refractivity contribution < 1.29 is 95.9 Å². The largest absolute Gasteiger partial charge is 0.505 e. The van der Waals surface area contributed by atoms with Crippen LogP contribution in [0.5, 0.6) is 11.5 Å². The van der Waals surface area contributed by atoms with Gasteiger partial charge >= 0.3 is 29.8 Å². The second kappa shape index (κ2) is 26.5. The van der Waals surface area contributed by atoms with Crippen LogP contribution in [0.15, 0.2) is 121 Å². The molecule has 0 aliphatic heterocycles. The maximum atomic E-state index is 13.0. The minimum absolute atomic E-state index is 0.0240. The zero-order valence-electron chi connectivity index (χ0n) is 47.4. The molecule has 9 aromatic rings. The number of carbonyl (C=O) groups is 5. The van der Waals surface area contributed by atoms with Crippen LogP contribution in [0.25, 0.3) is 21.5 Å². The fourth-order valence-electron chi connectivity index (χ4n) is 8.92. The summed E-state index contributed by atoms with van der Waals surface area (Å²) in [5.74, 6) is -10.9. The van der Waals surface area contributed by atoms with Gasteiger partial charge in [0, 0.05) is 29.5 Å². The first kappa shape index (κ1) is 65.2. The molecule has 36 nitrogen and oxygen atoms in total. The van der Waals surface area contributed by atoms with Gasteiger partial charge in [-0.05, 0) is 127 Å². The van der Waals surface area contributed by atoms with Crippen LogP contribution in [-0.2, 0) is 20.2 Å². The molecule has 0 atom stereocenters. The summed E-state index contributed by atoms with van der Waals surface area (Å²) in [6, 6.07) is 16.0. The number of carboxylic acid groups (broad SMARTS) is 5. The number of phenols is 2. The molecule has 0 aliphatic carbocycles. The molecule has 0 saturated heterocycles. The molecule has 0 radical (unpaired) electrons. The van der Waals surface area contributed by atoms with Crippen molar-refractivity contribution in [3.05, 3.63) is 130 Å². The highest BCUT2D eigenvalue weighted by Crippen LogP contribution is 2.46. The normalized spacial score (nSPS) is 11.7. The molecule has 7 aromatic carbocycles. The summed E-state index contributed by atoms with van der Waals surface area (Å²) in [5, 5.41) is 124. The highest BCUT2D eigenvalue weighted by Gasteiger charge is 2.25. The standard InChI is InChI=1S/C55H46N16O20S2/c1-22-13-26-15-29(92(86,87)88)20-37(39(26)43(74)41(22)70-68-35-17-24(45(76)77)3-6-31(35)47(80)81)60-54-64-50(56-9-11-72)62-52(66-54)58-28-5-8-34(33(19-28)49(84)85)59-53-63-51(57-10-12-73)65-55(67-53)61-38-21-30(93(89,90)91)16-27-14-23(2)42(44(75)40(27)38)71-69-36-18-25(46(78)79)4-7-32(36)48(82)83/h3-8,13-21,72-75H,9-12H2,1-2H3,(H,76,77)(H,78,79)(H,80,81)(H,82,83)(H,84,85)(H,86,87,88)(H,89,90,91)(H3,56,58,60,62,64,66)(H3,57,59,61,63,65,67). The topological polar surface area (TPSA) is 575 Å². The lowest BCUT2D eigenvalue weighted by Crippen LogP contribution is -2.13. The Hall–Kier alpha value is -12.2. The smallest absolute Gasteiger partial charge is 0.337 e. The van der Waals surface area contributed by atoms with E-state index in [2.05, 4.69) is 82.3 Å². The molecule has 0 spiro atoms. The van der Waals surface area contributed by atoms with E-state index in [4.69, 9.17) is 0 Å². The van der Waals surface area contributed by atoms with Gasteiger partial charge in [0.05, 0.1) is 67.9 Å². The van der Waals surface area contributed by atoms with E-state index in [-0.39, 0.29) is 109 Å². The van der Waals surface area contributed by atoms with E-state index < -0.39 is 130 Å². The van der Waals surface area contributed by atoms with Crippen molar-refractivity contribution in [2.45, 2.75) is 23.6 Å². The molecule has 38 heteroatoms. The summed E-state index contributed by atoms with van der Waals surface area (Å²) in [6.07, 6.45) is 0. The summed E-state index contributed by atoms with van der Waals surface area (Å²) < 4.78 is 70.9. The number of fused-ring (bicyclic) bond motifs is 2. The van der Waals surface area contributed by atoms with Crippen LogP contribution in [0, 0.1) is 13.8 Å². The summed E-state index contributed by atoms with van der Waals surface area (Å²) >= 11 is 0. The van der Waals surface area contributed by atoms with Crippen LogP contribution < -0.4 is 31.9 Å². The number of aliphatic hydroxyl groups is 2.